The Hall–Kier alpha value is -2.27. The van der Waals surface area contributed by atoms with E-state index in [4.69, 9.17) is 15.6 Å². The number of carbonyl (C=O) groups excluding carboxylic acids is 1. The number of rotatable bonds is 3. The van der Waals surface area contributed by atoms with Crippen molar-refractivity contribution in [3.8, 4) is 0 Å². The minimum atomic E-state index is -1.37. The average molecular weight is 310 g/mol. The van der Waals surface area contributed by atoms with E-state index in [1.54, 1.807) is 0 Å². The number of carbonyl (C=O) groups is 1. The minimum Gasteiger partial charge on any atom is -0.394 e. The van der Waals surface area contributed by atoms with Crippen molar-refractivity contribution in [2.45, 2.75) is 24.5 Å². The molecule has 2 aromatic heterocycles. The number of nitrogens with one attached hydrogen (secondary N) is 1. The Morgan fingerprint density at radius 1 is 1.45 bits per heavy atom. The molecule has 0 spiro atoms. The highest BCUT2D eigenvalue weighted by molar-refractivity contribution is 6.05. The van der Waals surface area contributed by atoms with E-state index in [9.17, 15) is 19.8 Å². The number of hydrogen-bond donors (Lipinski definition) is 5. The van der Waals surface area contributed by atoms with Crippen molar-refractivity contribution >= 4 is 16.9 Å². The predicted octanol–water partition coefficient (Wildman–Crippen LogP) is -2.56. The number of ether oxygens (including phenoxy) is 1. The molecule has 10 heteroatoms. The monoisotopic (exact) mass is 310 g/mol. The summed E-state index contributed by atoms with van der Waals surface area (Å²) in [5.41, 5.74) is 4.68. The molecule has 1 aliphatic rings. The first kappa shape index (κ1) is 14.7. The summed E-state index contributed by atoms with van der Waals surface area (Å²) in [6, 6.07) is 0. The Labute approximate surface area is 122 Å². The number of nitrogens with two attached hydrogens (primary N) is 1. The van der Waals surface area contributed by atoms with Crippen molar-refractivity contribution in [2.24, 2.45) is 5.73 Å². The number of H-pyrrole nitrogens is 1. The zero-order valence-electron chi connectivity index (χ0n) is 11.2. The molecule has 6 N–H and O–H groups in total. The van der Waals surface area contributed by atoms with Gasteiger partial charge in [-0.1, -0.05) is 0 Å². The topological polar surface area (TPSA) is 164 Å². The van der Waals surface area contributed by atoms with Gasteiger partial charge in [0.25, 0.3) is 11.5 Å². The van der Waals surface area contributed by atoms with Gasteiger partial charge in [-0.25, -0.2) is 4.98 Å². The molecule has 1 unspecified atom stereocenters. The third kappa shape index (κ3) is 2.01. The molecular formula is C12H14N4O6. The van der Waals surface area contributed by atoms with E-state index in [0.717, 1.165) is 6.33 Å². The summed E-state index contributed by atoms with van der Waals surface area (Å²) in [5.74, 6) is -0.839. The second-order valence-electron chi connectivity index (χ2n) is 4.97. The second-order valence-corrected chi connectivity index (χ2v) is 4.97. The van der Waals surface area contributed by atoms with Crippen molar-refractivity contribution in [1.82, 2.24) is 14.5 Å². The molecule has 0 aromatic carbocycles. The minimum absolute atomic E-state index is 0.0345. The first-order valence-corrected chi connectivity index (χ1v) is 6.46. The van der Waals surface area contributed by atoms with Gasteiger partial charge in [-0.15, -0.1) is 0 Å². The van der Waals surface area contributed by atoms with E-state index < -0.39 is 42.6 Å². The molecule has 1 amide bonds. The Morgan fingerprint density at radius 2 is 2.18 bits per heavy atom. The standard InChI is InChI=1S/C12H14N4O6/c13-9(20)4-1-16(10-6(4)11(21)15-3-14-10)12-8(19)7(18)5(2-17)22-12/h1,3,5,7-8,12,17-19H,2H2,(H2,13,20)(H,14,15,21)/t5-,7-,8-,12?/m1/s1. The molecule has 2 aromatic rings. The predicted molar refractivity (Wildman–Crippen MR) is 71.9 cm³/mol. The Bertz CT molecular complexity index is 784. The fraction of sp³-hybridized carbons (Fsp3) is 0.417. The van der Waals surface area contributed by atoms with Gasteiger partial charge in [0.2, 0.25) is 0 Å². The van der Waals surface area contributed by atoms with Crippen LogP contribution in [-0.4, -0.2) is 60.7 Å². The zero-order valence-corrected chi connectivity index (χ0v) is 11.2. The summed E-state index contributed by atoms with van der Waals surface area (Å²) >= 11 is 0. The number of amides is 1. The van der Waals surface area contributed by atoms with Gasteiger partial charge in [-0.2, -0.15) is 0 Å². The molecule has 1 saturated heterocycles. The lowest BCUT2D eigenvalue weighted by molar-refractivity contribution is -0.0509. The summed E-state index contributed by atoms with van der Waals surface area (Å²) in [6.07, 6.45) is -2.42. The molecule has 1 fully saturated rings. The van der Waals surface area contributed by atoms with Crippen molar-refractivity contribution in [1.29, 1.82) is 0 Å². The molecular weight excluding hydrogens is 296 g/mol. The van der Waals surface area contributed by atoms with Crippen LogP contribution in [0.4, 0.5) is 0 Å². The summed E-state index contributed by atoms with van der Waals surface area (Å²) in [7, 11) is 0. The van der Waals surface area contributed by atoms with Gasteiger partial charge < -0.3 is 35.3 Å². The van der Waals surface area contributed by atoms with E-state index in [1.165, 1.54) is 10.8 Å². The molecule has 1 aliphatic heterocycles. The fourth-order valence-corrected chi connectivity index (χ4v) is 2.58. The SMILES string of the molecule is NC(=O)c1cn(C2O[C@H](CO)[C@@H](O)[C@H]2O)c2nc[nH]c(=O)c12. The molecule has 0 radical (unpaired) electrons. The highest BCUT2D eigenvalue weighted by atomic mass is 16.6. The smallest absolute Gasteiger partial charge is 0.261 e. The van der Waals surface area contributed by atoms with Crippen LogP contribution in [0.2, 0.25) is 0 Å². The Morgan fingerprint density at radius 3 is 2.77 bits per heavy atom. The van der Waals surface area contributed by atoms with E-state index in [0.29, 0.717) is 0 Å². The molecule has 0 aliphatic carbocycles. The van der Waals surface area contributed by atoms with Crippen LogP contribution < -0.4 is 11.3 Å². The molecule has 0 saturated carbocycles. The summed E-state index contributed by atoms with van der Waals surface area (Å²) in [6.45, 7) is -0.495. The molecule has 22 heavy (non-hydrogen) atoms. The van der Waals surface area contributed by atoms with E-state index in [-0.39, 0.29) is 16.6 Å². The third-order valence-electron chi connectivity index (χ3n) is 3.67. The van der Waals surface area contributed by atoms with Crippen molar-refractivity contribution < 1.29 is 24.9 Å². The van der Waals surface area contributed by atoms with Crippen LogP contribution >= 0.6 is 0 Å². The van der Waals surface area contributed by atoms with E-state index in [1.807, 2.05) is 0 Å². The van der Waals surface area contributed by atoms with Crippen molar-refractivity contribution in [3.05, 3.63) is 28.4 Å². The zero-order chi connectivity index (χ0) is 16.0. The van der Waals surface area contributed by atoms with Gasteiger partial charge >= 0.3 is 0 Å². The molecule has 4 atom stereocenters. The maximum atomic E-state index is 11.9. The van der Waals surface area contributed by atoms with Crippen LogP contribution in [0.1, 0.15) is 16.6 Å². The molecule has 0 bridgehead atoms. The number of primary amides is 1. The quantitative estimate of drug-likeness (QED) is 0.416. The van der Waals surface area contributed by atoms with Crippen molar-refractivity contribution in [3.63, 3.8) is 0 Å². The van der Waals surface area contributed by atoms with Crippen LogP contribution in [-0.2, 0) is 4.74 Å². The van der Waals surface area contributed by atoms with Crippen molar-refractivity contribution in [2.75, 3.05) is 6.61 Å². The number of fused-ring (bicyclic) bond motifs is 1. The van der Waals surface area contributed by atoms with E-state index >= 15 is 0 Å². The summed E-state index contributed by atoms with van der Waals surface area (Å²) in [4.78, 5) is 29.7. The average Bonchev–Trinajstić information content (AvgIpc) is 3.00. The van der Waals surface area contributed by atoms with Gasteiger partial charge in [0.15, 0.2) is 6.23 Å². The first-order chi connectivity index (χ1) is 10.5. The molecule has 118 valence electrons. The number of hydrogen-bond acceptors (Lipinski definition) is 7. The third-order valence-corrected chi connectivity index (χ3v) is 3.67. The van der Waals surface area contributed by atoms with E-state index in [2.05, 4.69) is 9.97 Å². The number of nitrogens with zero attached hydrogens (tertiary/aromatic N) is 2. The first-order valence-electron chi connectivity index (χ1n) is 6.46. The lowest BCUT2D eigenvalue weighted by atomic mass is 10.1. The highest BCUT2D eigenvalue weighted by Crippen LogP contribution is 2.32. The number of aliphatic hydroxyl groups excluding tert-OH is 3. The number of aliphatic hydroxyl groups is 3. The number of aromatic amines is 1. The van der Waals surface area contributed by atoms with Crippen LogP contribution in [0.15, 0.2) is 17.3 Å². The van der Waals surface area contributed by atoms with Crippen LogP contribution in [0.25, 0.3) is 11.0 Å². The summed E-state index contributed by atoms with van der Waals surface area (Å²) < 4.78 is 6.62. The normalized spacial score (nSPS) is 28.3. The molecule has 3 rings (SSSR count). The summed E-state index contributed by atoms with van der Waals surface area (Å²) in [5, 5.41) is 28.9. The fourth-order valence-electron chi connectivity index (χ4n) is 2.58. The Kier molecular flexibility index (Phi) is 3.45. The van der Waals surface area contributed by atoms with Gasteiger partial charge in [0.1, 0.15) is 24.0 Å². The number of aromatic nitrogens is 3. The van der Waals surface area contributed by atoms with Crippen LogP contribution in [0, 0.1) is 0 Å². The highest BCUT2D eigenvalue weighted by Gasteiger charge is 2.44. The van der Waals surface area contributed by atoms with Crippen LogP contribution in [0.3, 0.4) is 0 Å². The van der Waals surface area contributed by atoms with Crippen LogP contribution in [0.5, 0.6) is 0 Å². The van der Waals surface area contributed by atoms with Gasteiger partial charge in [-0.05, 0) is 0 Å². The molecule has 10 nitrogen and oxygen atoms in total. The second kappa shape index (κ2) is 5.18. The largest absolute Gasteiger partial charge is 0.394 e. The Balaban J connectivity index is 2.18. The van der Waals surface area contributed by atoms with Gasteiger partial charge in [0, 0.05) is 6.20 Å². The van der Waals surface area contributed by atoms with Gasteiger partial charge in [-0.3, -0.25) is 9.59 Å². The maximum absolute atomic E-state index is 11.9. The maximum Gasteiger partial charge on any atom is 0.261 e. The van der Waals surface area contributed by atoms with Gasteiger partial charge in [0.05, 0.1) is 23.9 Å². The lowest BCUT2D eigenvalue weighted by Gasteiger charge is -2.17. The lowest BCUT2D eigenvalue weighted by Crippen LogP contribution is -2.33. The molecule has 3 heterocycles.